The smallest absolute Gasteiger partial charge is 0.139 e. The molecule has 2 heteroatoms. The van der Waals surface area contributed by atoms with Crippen molar-refractivity contribution in [2.24, 2.45) is 29.1 Å². The summed E-state index contributed by atoms with van der Waals surface area (Å²) in [4.78, 5) is 12.8. The van der Waals surface area contributed by atoms with Gasteiger partial charge in [0.1, 0.15) is 5.78 Å². The molecule has 4 aliphatic carbocycles. The molecule has 0 radical (unpaired) electrons. The number of allylic oxidation sites excluding steroid dienone is 4. The maximum atomic E-state index is 12.8. The Bertz CT molecular complexity index is 615. The van der Waals surface area contributed by atoms with Crippen molar-refractivity contribution in [2.45, 2.75) is 77.7 Å². The van der Waals surface area contributed by atoms with Crippen LogP contribution in [0.25, 0.3) is 0 Å². The molecule has 5 unspecified atom stereocenters. The maximum absolute atomic E-state index is 12.8. The summed E-state index contributed by atoms with van der Waals surface area (Å²) in [6, 6.07) is 0. The van der Waals surface area contributed by atoms with Crippen molar-refractivity contribution < 1.29 is 9.90 Å². The first-order valence-electron chi connectivity index (χ1n) is 10.1. The Balaban J connectivity index is 1.80. The van der Waals surface area contributed by atoms with Gasteiger partial charge in [0, 0.05) is 11.8 Å². The average Bonchev–Trinajstić information content (AvgIpc) is 2.91. The molecule has 0 aliphatic heterocycles. The topological polar surface area (TPSA) is 37.3 Å². The molecule has 6 atom stereocenters. The minimum Gasteiger partial charge on any atom is -0.390 e. The van der Waals surface area contributed by atoms with Gasteiger partial charge in [-0.1, -0.05) is 31.6 Å². The Morgan fingerprint density at radius 1 is 1.21 bits per heavy atom. The fourth-order valence-corrected chi connectivity index (χ4v) is 7.00. The lowest BCUT2D eigenvalue weighted by molar-refractivity contribution is -0.171. The molecule has 0 aromatic heterocycles. The summed E-state index contributed by atoms with van der Waals surface area (Å²) in [5.74, 6) is 2.28. The first-order valence-corrected chi connectivity index (χ1v) is 10.1. The van der Waals surface area contributed by atoms with E-state index in [0.29, 0.717) is 35.9 Å². The fraction of sp³-hybridized carbons (Fsp3) is 0.773. The summed E-state index contributed by atoms with van der Waals surface area (Å²) in [5, 5.41) is 11.7. The molecule has 132 valence electrons. The summed E-state index contributed by atoms with van der Waals surface area (Å²) < 4.78 is 0. The van der Waals surface area contributed by atoms with E-state index < -0.39 is 5.60 Å². The lowest BCUT2D eigenvalue weighted by atomic mass is 9.47. The largest absolute Gasteiger partial charge is 0.390 e. The number of ketones is 1. The van der Waals surface area contributed by atoms with Gasteiger partial charge in [-0.3, -0.25) is 4.79 Å². The van der Waals surface area contributed by atoms with Crippen molar-refractivity contribution in [3.63, 3.8) is 0 Å². The van der Waals surface area contributed by atoms with Crippen LogP contribution < -0.4 is 0 Å². The van der Waals surface area contributed by atoms with Crippen LogP contribution in [0.4, 0.5) is 0 Å². The highest BCUT2D eigenvalue weighted by Gasteiger charge is 2.64. The van der Waals surface area contributed by atoms with Gasteiger partial charge in [0.15, 0.2) is 0 Å². The molecule has 2 fully saturated rings. The van der Waals surface area contributed by atoms with Crippen molar-refractivity contribution in [1.82, 2.24) is 0 Å². The van der Waals surface area contributed by atoms with Crippen LogP contribution in [0.5, 0.6) is 0 Å². The Hall–Kier alpha value is -0.890. The van der Waals surface area contributed by atoms with E-state index in [4.69, 9.17) is 0 Å². The Morgan fingerprint density at radius 3 is 2.71 bits per heavy atom. The van der Waals surface area contributed by atoms with Crippen LogP contribution in [0.3, 0.4) is 0 Å². The molecule has 0 saturated heterocycles. The van der Waals surface area contributed by atoms with E-state index >= 15 is 0 Å². The Kier molecular flexibility index (Phi) is 3.84. The molecule has 0 bridgehead atoms. The van der Waals surface area contributed by atoms with Crippen LogP contribution in [-0.2, 0) is 4.79 Å². The van der Waals surface area contributed by atoms with Crippen LogP contribution >= 0.6 is 0 Å². The number of Topliss-reactive ketones (excluding diaryl/α,β-unsaturated/α-hetero) is 1. The predicted octanol–water partition coefficient (Wildman–Crippen LogP) is 4.83. The normalized spacial score (nSPS) is 47.4. The first kappa shape index (κ1) is 16.6. The van der Waals surface area contributed by atoms with Gasteiger partial charge in [0.25, 0.3) is 0 Å². The fourth-order valence-electron chi connectivity index (χ4n) is 7.00. The molecule has 0 amide bonds. The molecule has 4 rings (SSSR count). The third-order valence-corrected chi connectivity index (χ3v) is 8.16. The van der Waals surface area contributed by atoms with Crippen LogP contribution in [0.15, 0.2) is 23.3 Å². The minimum atomic E-state index is -0.666. The summed E-state index contributed by atoms with van der Waals surface area (Å²) in [5.41, 5.74) is 2.05. The van der Waals surface area contributed by atoms with Crippen LogP contribution in [-0.4, -0.2) is 16.5 Å². The van der Waals surface area contributed by atoms with Gasteiger partial charge in [0.2, 0.25) is 0 Å². The lowest BCUT2D eigenvalue weighted by Gasteiger charge is -2.59. The van der Waals surface area contributed by atoms with Gasteiger partial charge in [-0.05, 0) is 81.1 Å². The molecular formula is C22H32O2. The summed E-state index contributed by atoms with van der Waals surface area (Å²) >= 11 is 0. The summed E-state index contributed by atoms with van der Waals surface area (Å²) in [7, 11) is 0. The predicted molar refractivity (Wildman–Crippen MR) is 96.5 cm³/mol. The van der Waals surface area contributed by atoms with Gasteiger partial charge in [0.05, 0.1) is 5.60 Å². The maximum Gasteiger partial charge on any atom is 0.139 e. The third kappa shape index (κ3) is 2.08. The molecule has 0 aromatic rings. The van der Waals surface area contributed by atoms with Crippen molar-refractivity contribution >= 4 is 5.78 Å². The second-order valence-electron chi connectivity index (χ2n) is 8.98. The summed E-state index contributed by atoms with van der Waals surface area (Å²) in [6.07, 6.45) is 12.4. The van der Waals surface area contributed by atoms with E-state index in [0.717, 1.165) is 38.5 Å². The second-order valence-corrected chi connectivity index (χ2v) is 8.98. The van der Waals surface area contributed by atoms with Gasteiger partial charge >= 0.3 is 0 Å². The number of aliphatic hydroxyl groups is 1. The SMILES string of the molecule is CCC1(O)C[C@]2(CC)C(=O)CCC2C2CC=C3C=C(C)CCC3C21. The first-order chi connectivity index (χ1) is 11.4. The van der Waals surface area contributed by atoms with Crippen molar-refractivity contribution in [2.75, 3.05) is 0 Å². The number of rotatable bonds is 2. The number of hydrogen-bond donors (Lipinski definition) is 1. The number of carbonyl (C=O) groups is 1. The second kappa shape index (κ2) is 5.56. The summed E-state index contributed by atoms with van der Waals surface area (Å²) in [6.45, 7) is 6.53. The van der Waals surface area contributed by atoms with Crippen LogP contribution in [0.2, 0.25) is 0 Å². The Labute approximate surface area is 146 Å². The van der Waals surface area contributed by atoms with Gasteiger partial charge in [-0.25, -0.2) is 0 Å². The number of carbonyl (C=O) groups excluding carboxylic acids is 1. The van der Waals surface area contributed by atoms with E-state index in [9.17, 15) is 9.90 Å². The third-order valence-electron chi connectivity index (χ3n) is 8.16. The molecule has 4 aliphatic rings. The molecule has 1 N–H and O–H groups in total. The molecule has 0 aromatic carbocycles. The molecular weight excluding hydrogens is 296 g/mol. The van der Waals surface area contributed by atoms with E-state index in [1.807, 2.05) is 0 Å². The van der Waals surface area contributed by atoms with Gasteiger partial charge in [-0.15, -0.1) is 0 Å². The zero-order chi connectivity index (χ0) is 17.1. The van der Waals surface area contributed by atoms with Gasteiger partial charge in [-0.2, -0.15) is 0 Å². The van der Waals surface area contributed by atoms with Crippen LogP contribution in [0, 0.1) is 29.1 Å². The quantitative estimate of drug-likeness (QED) is 0.788. The van der Waals surface area contributed by atoms with E-state index in [1.165, 1.54) is 17.6 Å². The minimum absolute atomic E-state index is 0.238. The highest BCUT2D eigenvalue weighted by molar-refractivity contribution is 5.87. The van der Waals surface area contributed by atoms with Crippen molar-refractivity contribution in [3.05, 3.63) is 23.3 Å². The number of fused-ring (bicyclic) bond motifs is 5. The molecule has 2 nitrogen and oxygen atoms in total. The van der Waals surface area contributed by atoms with Crippen molar-refractivity contribution in [3.8, 4) is 0 Å². The van der Waals surface area contributed by atoms with Gasteiger partial charge < -0.3 is 5.11 Å². The number of hydrogen-bond acceptors (Lipinski definition) is 2. The molecule has 0 heterocycles. The zero-order valence-electron chi connectivity index (χ0n) is 15.5. The molecule has 0 spiro atoms. The average molecular weight is 328 g/mol. The monoisotopic (exact) mass is 328 g/mol. The van der Waals surface area contributed by atoms with E-state index in [2.05, 4.69) is 32.9 Å². The van der Waals surface area contributed by atoms with Crippen molar-refractivity contribution in [1.29, 1.82) is 0 Å². The standard InChI is InChI=1S/C22H32O2/c1-4-21-13-22(24,5-2)20-16-8-6-14(3)12-15(16)7-9-17(20)18(21)10-11-19(21)23/h7,12,16-18,20,24H,4-6,8-11,13H2,1-3H3/t16?,17?,18?,20?,21-,22?/m0/s1. The Morgan fingerprint density at radius 2 is 2.00 bits per heavy atom. The van der Waals surface area contributed by atoms with E-state index in [1.54, 1.807) is 0 Å². The molecule has 24 heavy (non-hydrogen) atoms. The van der Waals surface area contributed by atoms with Crippen LogP contribution in [0.1, 0.15) is 72.1 Å². The highest BCUT2D eigenvalue weighted by atomic mass is 16.3. The lowest BCUT2D eigenvalue weighted by Crippen LogP contribution is -2.59. The highest BCUT2D eigenvalue weighted by Crippen LogP contribution is 2.64. The molecule has 2 saturated carbocycles. The zero-order valence-corrected chi connectivity index (χ0v) is 15.5. The van der Waals surface area contributed by atoms with E-state index in [-0.39, 0.29) is 5.41 Å².